The molecule has 0 fully saturated rings. The Kier molecular flexibility index (Phi) is 3.94. The van der Waals surface area contributed by atoms with Crippen molar-refractivity contribution in [3.05, 3.63) is 54.3 Å². The molecule has 2 rings (SSSR count). The van der Waals surface area contributed by atoms with Gasteiger partial charge in [-0.3, -0.25) is 4.90 Å². The molecule has 1 aliphatic carbocycles. The van der Waals surface area contributed by atoms with Crippen LogP contribution in [0.25, 0.3) is 0 Å². The Hall–Kier alpha value is -1.61. The van der Waals surface area contributed by atoms with Crippen molar-refractivity contribution >= 4 is 23.0 Å². The third kappa shape index (κ3) is 2.74. The van der Waals surface area contributed by atoms with Crippen molar-refractivity contribution in [1.82, 2.24) is 5.32 Å². The van der Waals surface area contributed by atoms with Crippen LogP contribution < -0.4 is 10.2 Å². The molecule has 1 aliphatic rings. The Bertz CT molecular complexity index is 449. The maximum Gasteiger partial charge on any atom is 0.177 e. The van der Waals surface area contributed by atoms with Crippen LogP contribution in [0.5, 0.6) is 0 Å². The molecule has 17 heavy (non-hydrogen) atoms. The molecular weight excluding hydrogens is 228 g/mol. The molecule has 0 heterocycles. The number of thiocarbonyl (C=S) groups is 1. The van der Waals surface area contributed by atoms with E-state index < -0.39 is 0 Å². The van der Waals surface area contributed by atoms with Crippen LogP contribution in [0, 0.1) is 0 Å². The van der Waals surface area contributed by atoms with Crippen LogP contribution in [-0.2, 0) is 0 Å². The number of hydrogen-bond acceptors (Lipinski definition) is 1. The molecule has 0 saturated heterocycles. The van der Waals surface area contributed by atoms with Gasteiger partial charge in [-0.25, -0.2) is 0 Å². The van der Waals surface area contributed by atoms with E-state index in [0.29, 0.717) is 5.11 Å². The lowest BCUT2D eigenvalue weighted by Crippen LogP contribution is -2.37. The monoisotopic (exact) mass is 244 g/mol. The number of benzene rings is 1. The van der Waals surface area contributed by atoms with Gasteiger partial charge in [0.15, 0.2) is 5.11 Å². The first kappa shape index (κ1) is 11.9. The highest BCUT2D eigenvalue weighted by atomic mass is 32.1. The van der Waals surface area contributed by atoms with Crippen molar-refractivity contribution < 1.29 is 0 Å². The molecule has 1 N–H and O–H groups in total. The van der Waals surface area contributed by atoms with Crippen LogP contribution in [0.4, 0.5) is 5.69 Å². The summed E-state index contributed by atoms with van der Waals surface area (Å²) in [6, 6.07) is 10.2. The zero-order chi connectivity index (χ0) is 12.1. The Morgan fingerprint density at radius 1 is 1.24 bits per heavy atom. The van der Waals surface area contributed by atoms with E-state index in [1.54, 1.807) is 0 Å². The molecule has 0 bridgehead atoms. The van der Waals surface area contributed by atoms with Crippen LogP contribution in [0.1, 0.15) is 12.8 Å². The lowest BCUT2D eigenvalue weighted by Gasteiger charge is -2.27. The minimum absolute atomic E-state index is 0.717. The van der Waals surface area contributed by atoms with Crippen molar-refractivity contribution in [2.45, 2.75) is 12.8 Å². The number of para-hydroxylation sites is 1. The summed E-state index contributed by atoms with van der Waals surface area (Å²) >= 11 is 5.38. The number of nitrogens with one attached hydrogen (secondary N) is 1. The van der Waals surface area contributed by atoms with Crippen LogP contribution in [-0.4, -0.2) is 12.2 Å². The van der Waals surface area contributed by atoms with Gasteiger partial charge in [0.25, 0.3) is 0 Å². The van der Waals surface area contributed by atoms with Gasteiger partial charge in [0, 0.05) is 18.4 Å². The molecule has 0 radical (unpaired) electrons. The summed E-state index contributed by atoms with van der Waals surface area (Å²) in [5.74, 6) is 0. The van der Waals surface area contributed by atoms with Gasteiger partial charge in [-0.2, -0.15) is 0 Å². The van der Waals surface area contributed by atoms with Crippen molar-refractivity contribution in [3.63, 3.8) is 0 Å². The second kappa shape index (κ2) is 5.64. The summed E-state index contributed by atoms with van der Waals surface area (Å²) < 4.78 is 0. The van der Waals surface area contributed by atoms with E-state index in [1.165, 1.54) is 0 Å². The molecule has 0 aromatic heterocycles. The Balaban J connectivity index is 2.35. The van der Waals surface area contributed by atoms with Gasteiger partial charge in [0.2, 0.25) is 0 Å². The fourth-order valence-corrected chi connectivity index (χ4v) is 2.05. The topological polar surface area (TPSA) is 15.3 Å². The fraction of sp³-hybridized carbons (Fsp3) is 0.214. The zero-order valence-electron chi connectivity index (χ0n) is 9.89. The maximum atomic E-state index is 5.38. The van der Waals surface area contributed by atoms with E-state index in [2.05, 4.69) is 40.6 Å². The fourth-order valence-electron chi connectivity index (χ4n) is 1.84. The first-order valence-corrected chi connectivity index (χ1v) is 6.17. The molecule has 0 saturated carbocycles. The van der Waals surface area contributed by atoms with E-state index in [4.69, 9.17) is 12.2 Å². The van der Waals surface area contributed by atoms with Gasteiger partial charge in [0.05, 0.1) is 0 Å². The van der Waals surface area contributed by atoms with Crippen LogP contribution in [0.15, 0.2) is 54.3 Å². The van der Waals surface area contributed by atoms with E-state index in [1.807, 2.05) is 25.2 Å². The van der Waals surface area contributed by atoms with Crippen molar-refractivity contribution in [2.75, 3.05) is 11.9 Å². The maximum absolute atomic E-state index is 5.38. The first-order chi connectivity index (χ1) is 8.33. The molecule has 0 atom stereocenters. The molecule has 1 aromatic rings. The number of anilines is 1. The molecule has 1 aromatic carbocycles. The normalized spacial score (nSPS) is 14.1. The van der Waals surface area contributed by atoms with E-state index >= 15 is 0 Å². The second-order valence-electron chi connectivity index (χ2n) is 3.83. The Morgan fingerprint density at radius 3 is 2.59 bits per heavy atom. The minimum atomic E-state index is 0.717. The SMILES string of the molecule is CNC(=S)N(C1=CCCC=C1)c1ccccc1. The molecular formula is C14H16N2S. The third-order valence-electron chi connectivity index (χ3n) is 2.66. The quantitative estimate of drug-likeness (QED) is 0.804. The zero-order valence-corrected chi connectivity index (χ0v) is 10.7. The van der Waals surface area contributed by atoms with E-state index in [-0.39, 0.29) is 0 Å². The predicted octanol–water partition coefficient (Wildman–Crippen LogP) is 3.23. The number of allylic oxidation sites excluding steroid dienone is 3. The first-order valence-electron chi connectivity index (χ1n) is 5.76. The molecule has 0 unspecified atom stereocenters. The molecule has 3 heteroatoms. The minimum Gasteiger partial charge on any atom is -0.365 e. The number of nitrogens with zero attached hydrogens (tertiary/aromatic N) is 1. The summed E-state index contributed by atoms with van der Waals surface area (Å²) in [5.41, 5.74) is 2.23. The van der Waals surface area contributed by atoms with Gasteiger partial charge < -0.3 is 5.32 Å². The highest BCUT2D eigenvalue weighted by Crippen LogP contribution is 2.22. The van der Waals surface area contributed by atoms with Gasteiger partial charge in [-0.15, -0.1) is 0 Å². The number of hydrogen-bond donors (Lipinski definition) is 1. The largest absolute Gasteiger partial charge is 0.365 e. The van der Waals surface area contributed by atoms with Crippen molar-refractivity contribution in [1.29, 1.82) is 0 Å². The molecule has 2 nitrogen and oxygen atoms in total. The lowest BCUT2D eigenvalue weighted by atomic mass is 10.1. The molecule has 0 spiro atoms. The van der Waals surface area contributed by atoms with E-state index in [0.717, 1.165) is 24.2 Å². The second-order valence-corrected chi connectivity index (χ2v) is 4.22. The highest BCUT2D eigenvalue weighted by Gasteiger charge is 2.14. The van der Waals surface area contributed by atoms with Gasteiger partial charge in [0.1, 0.15) is 0 Å². The van der Waals surface area contributed by atoms with E-state index in [9.17, 15) is 0 Å². The molecule has 0 aliphatic heterocycles. The van der Waals surface area contributed by atoms with Crippen LogP contribution in [0.2, 0.25) is 0 Å². The third-order valence-corrected chi connectivity index (χ3v) is 3.05. The average molecular weight is 244 g/mol. The molecule has 0 amide bonds. The highest BCUT2D eigenvalue weighted by molar-refractivity contribution is 7.80. The molecule has 88 valence electrons. The van der Waals surface area contributed by atoms with Crippen LogP contribution >= 0.6 is 12.2 Å². The Labute approximate surface area is 108 Å². The van der Waals surface area contributed by atoms with Gasteiger partial charge >= 0.3 is 0 Å². The van der Waals surface area contributed by atoms with Gasteiger partial charge in [-0.1, -0.05) is 30.4 Å². The lowest BCUT2D eigenvalue weighted by molar-refractivity contribution is 0.996. The summed E-state index contributed by atoms with van der Waals surface area (Å²) in [4.78, 5) is 2.06. The summed E-state index contributed by atoms with van der Waals surface area (Å²) in [7, 11) is 1.85. The smallest absolute Gasteiger partial charge is 0.177 e. The van der Waals surface area contributed by atoms with Crippen molar-refractivity contribution in [3.8, 4) is 0 Å². The summed E-state index contributed by atoms with van der Waals surface area (Å²) in [6.45, 7) is 0. The standard InChI is InChI=1S/C14H16N2S/c1-15-14(17)16(12-8-4-2-5-9-12)13-10-6-3-7-11-13/h2,4-6,8-11H,3,7H2,1H3,(H,15,17). The van der Waals surface area contributed by atoms with Gasteiger partial charge in [-0.05, 0) is 43.3 Å². The van der Waals surface area contributed by atoms with Crippen molar-refractivity contribution in [2.24, 2.45) is 0 Å². The number of rotatable bonds is 2. The summed E-state index contributed by atoms with van der Waals surface area (Å²) in [5, 5.41) is 3.76. The van der Waals surface area contributed by atoms with Crippen LogP contribution in [0.3, 0.4) is 0 Å². The average Bonchev–Trinajstić information content (AvgIpc) is 2.41. The predicted molar refractivity (Wildman–Crippen MR) is 77.0 cm³/mol. The Morgan fingerprint density at radius 2 is 2.00 bits per heavy atom. The summed E-state index contributed by atoms with van der Waals surface area (Å²) in [6.07, 6.45) is 8.71.